The Kier molecular flexibility index (Phi) is 3.79. The van der Waals surface area contributed by atoms with E-state index in [-0.39, 0.29) is 5.91 Å². The zero-order valence-corrected chi connectivity index (χ0v) is 15.2. The van der Waals surface area contributed by atoms with Gasteiger partial charge >= 0.3 is 0 Å². The van der Waals surface area contributed by atoms with Crippen LogP contribution in [0.15, 0.2) is 36.8 Å². The molecule has 27 heavy (non-hydrogen) atoms. The van der Waals surface area contributed by atoms with Crippen LogP contribution in [0.5, 0.6) is 0 Å². The first-order valence-corrected chi connectivity index (χ1v) is 9.22. The molecule has 0 saturated carbocycles. The van der Waals surface area contributed by atoms with Crippen LogP contribution >= 0.6 is 0 Å². The van der Waals surface area contributed by atoms with Crippen molar-refractivity contribution >= 4 is 17.6 Å². The molecule has 0 radical (unpaired) electrons. The standard InChI is InChI=1S/C21H20N4O2/c1-14-16-3-2-4-17(16)18(11-22-14)15-5-6-20-23-12-19(25(20)13-15)21(26)24-7-9-27-10-8-24/h2,4-6,11-13H,3,7-10H2,1H3. The minimum Gasteiger partial charge on any atom is -0.378 e. The molecule has 6 heteroatoms. The van der Waals surface area contributed by atoms with Crippen molar-refractivity contribution in [1.29, 1.82) is 0 Å². The van der Waals surface area contributed by atoms with Crippen molar-refractivity contribution in [2.75, 3.05) is 26.3 Å². The van der Waals surface area contributed by atoms with Gasteiger partial charge in [-0.25, -0.2) is 4.98 Å². The lowest BCUT2D eigenvalue weighted by molar-refractivity contribution is 0.0298. The molecule has 136 valence electrons. The molecule has 0 bridgehead atoms. The van der Waals surface area contributed by atoms with E-state index in [1.165, 1.54) is 11.1 Å². The highest BCUT2D eigenvalue weighted by atomic mass is 16.5. The fourth-order valence-electron chi connectivity index (χ4n) is 3.87. The molecule has 0 spiro atoms. The van der Waals surface area contributed by atoms with Crippen LogP contribution in [0, 0.1) is 6.92 Å². The van der Waals surface area contributed by atoms with Gasteiger partial charge in [-0.2, -0.15) is 0 Å². The lowest BCUT2D eigenvalue weighted by Gasteiger charge is -2.26. The van der Waals surface area contributed by atoms with E-state index in [0.29, 0.717) is 32.0 Å². The highest BCUT2D eigenvalue weighted by molar-refractivity contribution is 5.93. The third-order valence-electron chi connectivity index (χ3n) is 5.38. The quantitative estimate of drug-likeness (QED) is 0.705. The normalized spacial score (nSPS) is 16.1. The van der Waals surface area contributed by atoms with Crippen LogP contribution in [0.3, 0.4) is 0 Å². The summed E-state index contributed by atoms with van der Waals surface area (Å²) in [7, 11) is 0. The molecule has 4 heterocycles. The van der Waals surface area contributed by atoms with Gasteiger partial charge < -0.3 is 9.64 Å². The van der Waals surface area contributed by atoms with Crippen LogP contribution in [-0.2, 0) is 11.2 Å². The number of carbonyl (C=O) groups excluding carboxylic acids is 1. The molecule has 0 unspecified atom stereocenters. The van der Waals surface area contributed by atoms with Gasteiger partial charge in [0, 0.05) is 42.3 Å². The monoisotopic (exact) mass is 360 g/mol. The number of allylic oxidation sites excluding steroid dienone is 1. The predicted octanol–water partition coefficient (Wildman–Crippen LogP) is 2.75. The van der Waals surface area contributed by atoms with Crippen LogP contribution in [-0.4, -0.2) is 51.5 Å². The molecule has 1 aliphatic heterocycles. The third kappa shape index (κ3) is 2.64. The summed E-state index contributed by atoms with van der Waals surface area (Å²) in [6.07, 6.45) is 10.8. The number of aromatic nitrogens is 3. The molecular formula is C21H20N4O2. The molecule has 5 rings (SSSR count). The molecule has 0 atom stereocenters. The minimum absolute atomic E-state index is 0.00453. The lowest BCUT2D eigenvalue weighted by atomic mass is 9.99. The fourth-order valence-corrected chi connectivity index (χ4v) is 3.87. The van der Waals surface area contributed by atoms with E-state index in [9.17, 15) is 4.79 Å². The average molecular weight is 360 g/mol. The van der Waals surface area contributed by atoms with Crippen molar-refractivity contribution in [2.24, 2.45) is 0 Å². The number of ether oxygens (including phenoxy) is 1. The number of hydrogen-bond acceptors (Lipinski definition) is 4. The molecule has 2 aliphatic rings. The number of amides is 1. The molecule has 0 aromatic carbocycles. The van der Waals surface area contributed by atoms with Crippen LogP contribution < -0.4 is 0 Å². The highest BCUT2D eigenvalue weighted by Gasteiger charge is 2.22. The number of carbonyl (C=O) groups is 1. The molecule has 1 aliphatic carbocycles. The Labute approximate surface area is 157 Å². The highest BCUT2D eigenvalue weighted by Crippen LogP contribution is 2.32. The number of morpholine rings is 1. The second-order valence-corrected chi connectivity index (χ2v) is 6.95. The number of aryl methyl sites for hydroxylation is 1. The van der Waals surface area contributed by atoms with E-state index in [2.05, 4.69) is 22.1 Å². The summed E-state index contributed by atoms with van der Waals surface area (Å²) in [5.41, 5.74) is 7.05. The van der Waals surface area contributed by atoms with Crippen molar-refractivity contribution in [3.8, 4) is 11.1 Å². The van der Waals surface area contributed by atoms with Gasteiger partial charge in [-0.05, 0) is 36.6 Å². The lowest BCUT2D eigenvalue weighted by Crippen LogP contribution is -2.41. The van der Waals surface area contributed by atoms with Crippen molar-refractivity contribution in [1.82, 2.24) is 19.3 Å². The van der Waals surface area contributed by atoms with Gasteiger partial charge in [0.2, 0.25) is 0 Å². The molecule has 0 N–H and O–H groups in total. The summed E-state index contributed by atoms with van der Waals surface area (Å²) >= 11 is 0. The number of imidazole rings is 1. The summed E-state index contributed by atoms with van der Waals surface area (Å²) in [5, 5.41) is 0. The van der Waals surface area contributed by atoms with Gasteiger partial charge in [-0.15, -0.1) is 0 Å². The maximum Gasteiger partial charge on any atom is 0.272 e. The van der Waals surface area contributed by atoms with Crippen LogP contribution in [0.4, 0.5) is 0 Å². The number of pyridine rings is 2. The van der Waals surface area contributed by atoms with Crippen LogP contribution in [0.1, 0.15) is 27.3 Å². The first-order chi connectivity index (χ1) is 13.2. The minimum atomic E-state index is -0.00453. The molecule has 6 nitrogen and oxygen atoms in total. The van der Waals surface area contributed by atoms with Gasteiger partial charge in [0.05, 0.1) is 19.4 Å². The van der Waals surface area contributed by atoms with Gasteiger partial charge in [0.1, 0.15) is 11.3 Å². The number of nitrogens with zero attached hydrogens (tertiary/aromatic N) is 4. The second kappa shape index (κ2) is 6.32. The number of fused-ring (bicyclic) bond motifs is 2. The number of rotatable bonds is 2. The van der Waals surface area contributed by atoms with Gasteiger partial charge in [-0.3, -0.25) is 14.2 Å². The van der Waals surface area contributed by atoms with Crippen molar-refractivity contribution in [3.05, 3.63) is 59.3 Å². The molecule has 3 aromatic rings. The van der Waals surface area contributed by atoms with E-state index in [0.717, 1.165) is 28.9 Å². The van der Waals surface area contributed by atoms with Crippen molar-refractivity contribution in [2.45, 2.75) is 13.3 Å². The maximum absolute atomic E-state index is 12.9. The smallest absolute Gasteiger partial charge is 0.272 e. The Morgan fingerprint density at radius 2 is 2.00 bits per heavy atom. The van der Waals surface area contributed by atoms with Crippen molar-refractivity contribution in [3.63, 3.8) is 0 Å². The Bertz CT molecular complexity index is 1080. The average Bonchev–Trinajstić information content (AvgIpc) is 3.36. The van der Waals surface area contributed by atoms with E-state index in [1.54, 1.807) is 6.20 Å². The van der Waals surface area contributed by atoms with Crippen molar-refractivity contribution < 1.29 is 9.53 Å². The van der Waals surface area contributed by atoms with Crippen LogP contribution in [0.25, 0.3) is 22.9 Å². The SMILES string of the molecule is Cc1ncc(-c2ccc3ncc(C(=O)N4CCOCC4)n3c2)c2c1CC=C2. The zero-order valence-electron chi connectivity index (χ0n) is 15.2. The first-order valence-electron chi connectivity index (χ1n) is 9.22. The Morgan fingerprint density at radius 1 is 1.15 bits per heavy atom. The topological polar surface area (TPSA) is 59.7 Å². The van der Waals surface area contributed by atoms with E-state index < -0.39 is 0 Å². The number of hydrogen-bond donors (Lipinski definition) is 0. The van der Waals surface area contributed by atoms with Crippen LogP contribution in [0.2, 0.25) is 0 Å². The largest absolute Gasteiger partial charge is 0.378 e. The first kappa shape index (κ1) is 16.2. The molecule has 1 fully saturated rings. The van der Waals surface area contributed by atoms with Gasteiger partial charge in [-0.1, -0.05) is 12.2 Å². The third-order valence-corrected chi connectivity index (χ3v) is 5.38. The summed E-state index contributed by atoms with van der Waals surface area (Å²) in [6.45, 7) is 4.45. The Balaban J connectivity index is 1.59. The Morgan fingerprint density at radius 3 is 2.85 bits per heavy atom. The summed E-state index contributed by atoms with van der Waals surface area (Å²) in [4.78, 5) is 23.7. The summed E-state index contributed by atoms with van der Waals surface area (Å²) in [6, 6.07) is 4.00. The summed E-state index contributed by atoms with van der Waals surface area (Å²) < 4.78 is 7.24. The fraction of sp³-hybridized carbons (Fsp3) is 0.286. The van der Waals surface area contributed by atoms with E-state index in [1.807, 2.05) is 40.8 Å². The second-order valence-electron chi connectivity index (χ2n) is 6.95. The van der Waals surface area contributed by atoms with Gasteiger partial charge in [0.15, 0.2) is 0 Å². The van der Waals surface area contributed by atoms with E-state index >= 15 is 0 Å². The summed E-state index contributed by atoms with van der Waals surface area (Å²) in [5.74, 6) is -0.00453. The van der Waals surface area contributed by atoms with Gasteiger partial charge in [0.25, 0.3) is 5.91 Å². The molecular weight excluding hydrogens is 340 g/mol. The molecule has 3 aromatic heterocycles. The molecule has 1 saturated heterocycles. The maximum atomic E-state index is 12.9. The Hall–Kier alpha value is -2.99. The zero-order chi connectivity index (χ0) is 18.4. The van der Waals surface area contributed by atoms with E-state index in [4.69, 9.17) is 4.74 Å². The predicted molar refractivity (Wildman–Crippen MR) is 103 cm³/mol. The molecule has 1 amide bonds.